The van der Waals surface area contributed by atoms with Gasteiger partial charge < -0.3 is 13.9 Å². The highest BCUT2D eigenvalue weighted by molar-refractivity contribution is 6.11. The summed E-state index contributed by atoms with van der Waals surface area (Å²) in [5.74, 6) is 0. The molecule has 13 aromatic rings. The fourth-order valence-electron chi connectivity index (χ4n) is 10.1. The summed E-state index contributed by atoms with van der Waals surface area (Å²) in [4.78, 5) is 2.43. The molecule has 65 heavy (non-hydrogen) atoms. The summed E-state index contributed by atoms with van der Waals surface area (Å²) in [6, 6.07) is 87.8. The standard InChI is InChI=1S/C62H40N2O/c1-2-17-49-42(14-1)28-29-44-38-45(32-36-50(44)49)51-18-3-8-23-57(51)63(58-24-9-4-19-52(58)46-33-37-56-55-22-7-12-27-61(55)65-62(56)40-46)47-34-30-41(31-35-47)43-15-13-16-48(39-43)64-59-25-10-5-20-53(59)54-21-6-11-26-60(54)64/h1-40H. The van der Waals surface area contributed by atoms with E-state index in [4.69, 9.17) is 4.42 Å². The van der Waals surface area contributed by atoms with Gasteiger partial charge in [0.25, 0.3) is 0 Å². The number of anilines is 3. The number of para-hydroxylation sites is 5. The number of furan rings is 1. The van der Waals surface area contributed by atoms with Crippen LogP contribution in [0.25, 0.3) is 104 Å². The van der Waals surface area contributed by atoms with Gasteiger partial charge in [0.1, 0.15) is 11.2 Å². The van der Waals surface area contributed by atoms with E-state index in [0.717, 1.165) is 78.1 Å². The fraction of sp³-hybridized carbons (Fsp3) is 0. The Bertz CT molecular complexity index is 3910. The van der Waals surface area contributed by atoms with Crippen molar-refractivity contribution in [2.75, 3.05) is 4.90 Å². The van der Waals surface area contributed by atoms with Crippen LogP contribution in [-0.2, 0) is 0 Å². The first kappa shape index (κ1) is 36.9. The Balaban J connectivity index is 0.964. The van der Waals surface area contributed by atoms with Crippen LogP contribution >= 0.6 is 0 Å². The molecule has 0 aliphatic carbocycles. The molecule has 0 saturated heterocycles. The molecule has 3 heteroatoms. The number of aromatic nitrogens is 1. The average molecular weight is 829 g/mol. The lowest BCUT2D eigenvalue weighted by atomic mass is 9.95. The van der Waals surface area contributed by atoms with Gasteiger partial charge in [-0.2, -0.15) is 0 Å². The minimum absolute atomic E-state index is 0.877. The molecule has 0 amide bonds. The van der Waals surface area contributed by atoms with E-state index in [0.29, 0.717) is 0 Å². The second-order valence-corrected chi connectivity index (χ2v) is 16.9. The highest BCUT2D eigenvalue weighted by Crippen LogP contribution is 2.46. The molecule has 0 saturated carbocycles. The Kier molecular flexibility index (Phi) is 8.53. The van der Waals surface area contributed by atoms with E-state index in [1.807, 2.05) is 12.1 Å². The van der Waals surface area contributed by atoms with Crippen LogP contribution in [0, 0.1) is 0 Å². The van der Waals surface area contributed by atoms with Crippen molar-refractivity contribution in [3.63, 3.8) is 0 Å². The molecule has 13 rings (SSSR count). The molecular formula is C62H40N2O. The Morgan fingerprint density at radius 3 is 1.58 bits per heavy atom. The zero-order chi connectivity index (χ0) is 42.8. The molecule has 11 aromatic carbocycles. The molecule has 0 spiro atoms. The zero-order valence-electron chi connectivity index (χ0n) is 35.4. The van der Waals surface area contributed by atoms with Gasteiger partial charge in [0.2, 0.25) is 0 Å². The van der Waals surface area contributed by atoms with Crippen LogP contribution in [0.1, 0.15) is 0 Å². The van der Waals surface area contributed by atoms with Gasteiger partial charge in [-0.1, -0.05) is 170 Å². The summed E-state index contributed by atoms with van der Waals surface area (Å²) in [7, 11) is 0. The van der Waals surface area contributed by atoms with Crippen LogP contribution in [0.3, 0.4) is 0 Å². The second kappa shape index (κ2) is 15.0. The summed E-state index contributed by atoms with van der Waals surface area (Å²) in [5, 5.41) is 9.75. The van der Waals surface area contributed by atoms with Crippen LogP contribution in [0.15, 0.2) is 247 Å². The molecule has 0 radical (unpaired) electrons. The SMILES string of the molecule is c1cc(-c2ccc(N(c3ccccc3-c3ccc4c(ccc5ccccc54)c3)c3ccccc3-c3ccc4c(c3)oc3ccccc34)cc2)cc(-n2c3ccccc3c3ccccc32)c1. The molecule has 0 aliphatic rings. The molecule has 2 aromatic heterocycles. The molecule has 3 nitrogen and oxygen atoms in total. The summed E-state index contributed by atoms with van der Waals surface area (Å²) >= 11 is 0. The first-order valence-corrected chi connectivity index (χ1v) is 22.2. The summed E-state index contributed by atoms with van der Waals surface area (Å²) in [5.41, 5.74) is 15.3. The van der Waals surface area contributed by atoms with Gasteiger partial charge >= 0.3 is 0 Å². The first-order chi connectivity index (χ1) is 32.2. The number of hydrogen-bond acceptors (Lipinski definition) is 2. The minimum Gasteiger partial charge on any atom is -0.456 e. The van der Waals surface area contributed by atoms with E-state index in [1.54, 1.807) is 0 Å². The fourth-order valence-corrected chi connectivity index (χ4v) is 10.1. The third-order valence-corrected chi connectivity index (χ3v) is 13.2. The van der Waals surface area contributed by atoms with Gasteiger partial charge in [-0.15, -0.1) is 0 Å². The van der Waals surface area contributed by atoms with Gasteiger partial charge in [0.05, 0.1) is 22.4 Å². The molecule has 0 N–H and O–H groups in total. The van der Waals surface area contributed by atoms with Gasteiger partial charge in [-0.05, 0) is 117 Å². The Hall–Kier alpha value is -8.66. The quantitative estimate of drug-likeness (QED) is 0.149. The summed E-state index contributed by atoms with van der Waals surface area (Å²) in [6.45, 7) is 0. The molecule has 0 aliphatic heterocycles. The van der Waals surface area contributed by atoms with Crippen molar-refractivity contribution >= 4 is 82.4 Å². The summed E-state index contributed by atoms with van der Waals surface area (Å²) in [6.07, 6.45) is 0. The number of hydrogen-bond donors (Lipinski definition) is 0. The number of fused-ring (bicyclic) bond motifs is 9. The Morgan fingerprint density at radius 2 is 0.846 bits per heavy atom. The molecule has 0 fully saturated rings. The third kappa shape index (κ3) is 6.12. The van der Waals surface area contributed by atoms with Crippen molar-refractivity contribution in [2.45, 2.75) is 0 Å². The lowest BCUT2D eigenvalue weighted by Gasteiger charge is -2.30. The molecular weight excluding hydrogens is 789 g/mol. The van der Waals surface area contributed by atoms with Crippen molar-refractivity contribution < 1.29 is 4.42 Å². The van der Waals surface area contributed by atoms with Crippen molar-refractivity contribution in [3.05, 3.63) is 243 Å². The first-order valence-electron chi connectivity index (χ1n) is 22.2. The zero-order valence-corrected chi connectivity index (χ0v) is 35.4. The molecule has 304 valence electrons. The maximum Gasteiger partial charge on any atom is 0.136 e. The lowest BCUT2D eigenvalue weighted by molar-refractivity contribution is 0.669. The van der Waals surface area contributed by atoms with Crippen LogP contribution in [0.4, 0.5) is 17.1 Å². The second-order valence-electron chi connectivity index (χ2n) is 16.9. The average Bonchev–Trinajstić information content (AvgIpc) is 3.92. The predicted octanol–water partition coefficient (Wildman–Crippen LogP) is 17.5. The van der Waals surface area contributed by atoms with Gasteiger partial charge in [0.15, 0.2) is 0 Å². The van der Waals surface area contributed by atoms with Crippen molar-refractivity contribution in [3.8, 4) is 39.1 Å². The van der Waals surface area contributed by atoms with Gasteiger partial charge in [0, 0.05) is 44.0 Å². The van der Waals surface area contributed by atoms with Crippen molar-refractivity contribution in [2.24, 2.45) is 0 Å². The van der Waals surface area contributed by atoms with E-state index in [2.05, 4.69) is 240 Å². The normalized spacial score (nSPS) is 11.7. The topological polar surface area (TPSA) is 21.3 Å². The largest absolute Gasteiger partial charge is 0.456 e. The molecule has 0 atom stereocenters. The maximum atomic E-state index is 6.44. The van der Waals surface area contributed by atoms with Gasteiger partial charge in [-0.3, -0.25) is 0 Å². The predicted molar refractivity (Wildman–Crippen MR) is 274 cm³/mol. The van der Waals surface area contributed by atoms with Crippen molar-refractivity contribution in [1.82, 2.24) is 4.57 Å². The smallest absolute Gasteiger partial charge is 0.136 e. The monoisotopic (exact) mass is 828 g/mol. The number of rotatable bonds is 7. The molecule has 2 heterocycles. The van der Waals surface area contributed by atoms with Crippen LogP contribution in [0.2, 0.25) is 0 Å². The number of nitrogens with zero attached hydrogens (tertiary/aromatic N) is 2. The highest BCUT2D eigenvalue weighted by atomic mass is 16.3. The van der Waals surface area contributed by atoms with Crippen LogP contribution < -0.4 is 4.90 Å². The van der Waals surface area contributed by atoms with Crippen LogP contribution in [-0.4, -0.2) is 4.57 Å². The van der Waals surface area contributed by atoms with E-state index < -0.39 is 0 Å². The minimum atomic E-state index is 0.877. The Labute approximate surface area is 376 Å². The van der Waals surface area contributed by atoms with E-state index >= 15 is 0 Å². The lowest BCUT2D eigenvalue weighted by Crippen LogP contribution is -2.12. The van der Waals surface area contributed by atoms with Crippen LogP contribution in [0.5, 0.6) is 0 Å². The molecule has 0 unspecified atom stereocenters. The Morgan fingerprint density at radius 1 is 0.308 bits per heavy atom. The summed E-state index contributed by atoms with van der Waals surface area (Å²) < 4.78 is 8.82. The molecule has 0 bridgehead atoms. The van der Waals surface area contributed by atoms with E-state index in [-0.39, 0.29) is 0 Å². The van der Waals surface area contributed by atoms with E-state index in [1.165, 1.54) is 43.4 Å². The maximum absolute atomic E-state index is 6.44. The number of benzene rings is 11. The van der Waals surface area contributed by atoms with E-state index in [9.17, 15) is 0 Å². The third-order valence-electron chi connectivity index (χ3n) is 13.2. The van der Waals surface area contributed by atoms with Gasteiger partial charge in [-0.25, -0.2) is 0 Å². The van der Waals surface area contributed by atoms with Crippen molar-refractivity contribution in [1.29, 1.82) is 0 Å². The highest BCUT2D eigenvalue weighted by Gasteiger charge is 2.22.